The average molecular weight is 621 g/mol. The molecule has 1 fully saturated rings. The molecule has 2 aromatic carbocycles. The molecule has 182 valence electrons. The molecule has 0 radical (unpaired) electrons. The predicted molar refractivity (Wildman–Crippen MR) is 144 cm³/mol. The molecular weight excluding hydrogens is 587 g/mol. The summed E-state index contributed by atoms with van der Waals surface area (Å²) >= 11 is 6.00. The fourth-order valence-corrected chi connectivity index (χ4v) is 4.65. The molecule has 6 heteroatoms. The molecule has 0 atom stereocenters. The summed E-state index contributed by atoms with van der Waals surface area (Å²) in [7, 11) is 1.25. The first-order valence-corrected chi connectivity index (χ1v) is 16.6. The van der Waals surface area contributed by atoms with Crippen LogP contribution in [0.25, 0.3) is 0 Å². The Labute approximate surface area is 219 Å². The summed E-state index contributed by atoms with van der Waals surface area (Å²) < 4.78 is 6.25. The normalized spacial score (nSPS) is 17.7. The summed E-state index contributed by atoms with van der Waals surface area (Å²) in [5.74, 6) is 1.52. The van der Waals surface area contributed by atoms with Gasteiger partial charge in [-0.25, -0.2) is 9.98 Å². The number of para-hydroxylation sites is 1. The Morgan fingerprint density at radius 2 is 1.48 bits per heavy atom. The molecule has 0 N–H and O–H groups in total. The molecule has 1 aliphatic carbocycles. The van der Waals surface area contributed by atoms with Crippen molar-refractivity contribution < 1.29 is 15.6 Å². The van der Waals surface area contributed by atoms with Gasteiger partial charge in [0.15, 0.2) is 0 Å². The third kappa shape index (κ3) is 6.80. The quantitative estimate of drug-likeness (QED) is 0.243. The summed E-state index contributed by atoms with van der Waals surface area (Å²) in [5.41, 5.74) is 5.53. The zero-order valence-electron chi connectivity index (χ0n) is 19.9. The molecule has 0 saturated heterocycles. The Kier molecular flexibility index (Phi) is 10.2. The van der Waals surface area contributed by atoms with Crippen LogP contribution in [0.5, 0.6) is 0 Å². The number of aliphatic imine (C=N–C) groups is 2. The summed E-state index contributed by atoms with van der Waals surface area (Å²) in [6.07, 6.45) is 6.04. The summed E-state index contributed by atoms with van der Waals surface area (Å²) in [5, 5.41) is 0. The molecule has 1 aliphatic heterocycles. The number of hydrogen-bond donors (Lipinski definition) is 0. The van der Waals surface area contributed by atoms with E-state index in [1.165, 1.54) is 41.3 Å². The van der Waals surface area contributed by atoms with Crippen molar-refractivity contribution in [2.24, 2.45) is 9.98 Å². The number of benzene rings is 2. The second kappa shape index (κ2) is 12.7. The molecule has 0 bridgehead atoms. The van der Waals surface area contributed by atoms with Crippen LogP contribution in [0.4, 0.5) is 5.69 Å². The Morgan fingerprint density at radius 1 is 0.909 bits per heavy atom. The van der Waals surface area contributed by atoms with Crippen molar-refractivity contribution in [2.45, 2.75) is 77.2 Å². The maximum absolute atomic E-state index is 6.25. The summed E-state index contributed by atoms with van der Waals surface area (Å²) in [6, 6.07) is 17.0. The maximum atomic E-state index is 6.25. The van der Waals surface area contributed by atoms with Crippen LogP contribution in [0.15, 0.2) is 58.5 Å². The zero-order valence-corrected chi connectivity index (χ0v) is 24.1. The first-order chi connectivity index (χ1) is 15.9. The van der Waals surface area contributed by atoms with E-state index >= 15 is 0 Å². The van der Waals surface area contributed by atoms with Crippen LogP contribution in [-0.4, -0.2) is 23.8 Å². The van der Waals surface area contributed by atoms with E-state index in [0.717, 1.165) is 35.7 Å². The van der Waals surface area contributed by atoms with Gasteiger partial charge in [-0.3, -0.25) is 0 Å². The monoisotopic (exact) mass is 618 g/mol. The van der Waals surface area contributed by atoms with E-state index in [4.69, 9.17) is 14.7 Å². The molecule has 0 amide bonds. The molecule has 33 heavy (non-hydrogen) atoms. The van der Waals surface area contributed by atoms with Crippen molar-refractivity contribution in [1.29, 1.82) is 0 Å². The molecule has 1 heterocycles. The van der Waals surface area contributed by atoms with Gasteiger partial charge in [0.05, 0.1) is 11.2 Å². The van der Waals surface area contributed by atoms with Gasteiger partial charge in [0.2, 0.25) is 5.90 Å². The van der Waals surface area contributed by atoms with E-state index in [0.29, 0.717) is 18.4 Å². The fraction of sp³-hybridized carbons (Fsp3) is 0.481. The molecule has 4 rings (SSSR count). The second-order valence-corrected chi connectivity index (χ2v) is 14.4. The van der Waals surface area contributed by atoms with Gasteiger partial charge in [-0.1, -0.05) is 95.5 Å². The standard InChI is InChI=1S/C27H34N2O.2BrH.Ni/c1-19(2)22-14-11-15-23(20(3)4)25(22)28-24(21-12-7-5-8-13-21)26-29-27(18-30-26)16-9-6-10-17-27;;;/h5,7-8,11-15,19-20H,6,9-10,16-18H2,1-4H3;2*1H;/q;;;+2/p-2. The number of halogens is 2. The second-order valence-electron chi connectivity index (χ2n) is 9.46. The topological polar surface area (TPSA) is 34.0 Å². The Hall–Kier alpha value is -0.966. The van der Waals surface area contributed by atoms with Crippen molar-refractivity contribution in [3.05, 3.63) is 65.2 Å². The molecule has 2 aliphatic rings. The zero-order chi connectivity index (χ0) is 23.8. The van der Waals surface area contributed by atoms with Gasteiger partial charge in [-0.15, -0.1) is 0 Å². The SMILES string of the molecule is CC(C)c1cccc(C(C)C)c1N=C(C1=NC2(CCCCC2)CO1)c1ccccc1.[Br][Ni][Br]. The minimum absolute atomic E-state index is 0.0401. The molecule has 2 aromatic rings. The van der Waals surface area contributed by atoms with Crippen molar-refractivity contribution >= 4 is 45.7 Å². The Balaban J connectivity index is 0.000000968. The third-order valence-corrected chi connectivity index (χ3v) is 6.42. The van der Waals surface area contributed by atoms with E-state index in [2.05, 4.69) is 98.6 Å². The molecule has 1 spiro atoms. The van der Waals surface area contributed by atoms with Gasteiger partial charge >= 0.3 is 39.3 Å². The number of nitrogens with zero attached hydrogens (tertiary/aromatic N) is 2. The van der Waals surface area contributed by atoms with Gasteiger partial charge in [0.25, 0.3) is 0 Å². The molecule has 1 saturated carbocycles. The van der Waals surface area contributed by atoms with Crippen LogP contribution >= 0.6 is 28.5 Å². The van der Waals surface area contributed by atoms with Gasteiger partial charge in [-0.2, -0.15) is 0 Å². The van der Waals surface area contributed by atoms with Gasteiger partial charge in [-0.05, 0) is 35.8 Å². The van der Waals surface area contributed by atoms with Crippen LogP contribution in [0.3, 0.4) is 0 Å². The van der Waals surface area contributed by atoms with E-state index < -0.39 is 0 Å². The van der Waals surface area contributed by atoms with Crippen molar-refractivity contribution in [2.75, 3.05) is 6.61 Å². The van der Waals surface area contributed by atoms with E-state index in [1.807, 2.05) is 6.07 Å². The van der Waals surface area contributed by atoms with E-state index in [9.17, 15) is 0 Å². The van der Waals surface area contributed by atoms with Crippen LogP contribution in [0.2, 0.25) is 0 Å². The molecule has 0 aromatic heterocycles. The summed E-state index contributed by atoms with van der Waals surface area (Å²) in [4.78, 5) is 10.5. The first-order valence-electron chi connectivity index (χ1n) is 11.7. The summed E-state index contributed by atoms with van der Waals surface area (Å²) in [6.45, 7) is 9.64. The first kappa shape index (κ1) is 26.6. The molecule has 3 nitrogen and oxygen atoms in total. The van der Waals surface area contributed by atoms with Gasteiger partial charge < -0.3 is 4.74 Å². The van der Waals surface area contributed by atoms with Crippen molar-refractivity contribution in [1.82, 2.24) is 0 Å². The van der Waals surface area contributed by atoms with Gasteiger partial charge in [0.1, 0.15) is 12.3 Å². The fourth-order valence-electron chi connectivity index (χ4n) is 4.65. The van der Waals surface area contributed by atoms with Gasteiger partial charge in [0, 0.05) is 5.56 Å². The predicted octanol–water partition coefficient (Wildman–Crippen LogP) is 8.87. The Bertz CT molecular complexity index is 941. The molecule has 0 unspecified atom stereocenters. The van der Waals surface area contributed by atoms with Crippen molar-refractivity contribution in [3.8, 4) is 0 Å². The Morgan fingerprint density at radius 3 is 2.03 bits per heavy atom. The van der Waals surface area contributed by atoms with Crippen molar-refractivity contribution in [3.63, 3.8) is 0 Å². The minimum atomic E-state index is -0.0401. The molecular formula is C27H34Br2N2NiO. The average Bonchev–Trinajstić information content (AvgIpc) is 3.21. The number of hydrogen-bond acceptors (Lipinski definition) is 3. The number of ether oxygens (including phenoxy) is 1. The van der Waals surface area contributed by atoms with Crippen LogP contribution in [0.1, 0.15) is 88.3 Å². The van der Waals surface area contributed by atoms with E-state index in [-0.39, 0.29) is 5.54 Å². The van der Waals surface area contributed by atoms with E-state index in [1.54, 1.807) is 0 Å². The van der Waals surface area contributed by atoms with Crippen LogP contribution in [0, 0.1) is 0 Å². The third-order valence-electron chi connectivity index (χ3n) is 6.42. The van der Waals surface area contributed by atoms with Crippen LogP contribution in [-0.2, 0) is 15.6 Å². The van der Waals surface area contributed by atoms with Crippen LogP contribution < -0.4 is 0 Å². The number of rotatable bonds is 5.